The fourth-order valence-corrected chi connectivity index (χ4v) is 3.12. The standard InChI is InChI=1S/C15H30BrNO/c1-4-5-6-7-8-9-10-17-12-14(11-16)18-15(2,3)13-17/h14H,4-13H2,1-3H3. The lowest BCUT2D eigenvalue weighted by Crippen LogP contribution is -2.53. The van der Waals surface area contributed by atoms with Crippen LogP contribution in [0.15, 0.2) is 0 Å². The first-order chi connectivity index (χ1) is 8.57. The van der Waals surface area contributed by atoms with Gasteiger partial charge in [-0.05, 0) is 26.8 Å². The van der Waals surface area contributed by atoms with Crippen molar-refractivity contribution >= 4 is 15.9 Å². The lowest BCUT2D eigenvalue weighted by molar-refractivity contribution is -0.126. The van der Waals surface area contributed by atoms with Crippen molar-refractivity contribution in [1.82, 2.24) is 4.90 Å². The summed E-state index contributed by atoms with van der Waals surface area (Å²) in [4.78, 5) is 2.58. The van der Waals surface area contributed by atoms with Crippen molar-refractivity contribution in [2.45, 2.75) is 71.0 Å². The Kier molecular flexibility index (Phi) is 7.81. The van der Waals surface area contributed by atoms with E-state index in [1.165, 1.54) is 45.1 Å². The summed E-state index contributed by atoms with van der Waals surface area (Å²) in [7, 11) is 0. The fraction of sp³-hybridized carbons (Fsp3) is 1.00. The number of rotatable bonds is 8. The first-order valence-electron chi connectivity index (χ1n) is 7.53. The van der Waals surface area contributed by atoms with Gasteiger partial charge < -0.3 is 4.74 Å². The molecule has 1 aliphatic heterocycles. The molecular formula is C15H30BrNO. The number of morpholine rings is 1. The van der Waals surface area contributed by atoms with Gasteiger partial charge in [0.25, 0.3) is 0 Å². The topological polar surface area (TPSA) is 12.5 Å². The van der Waals surface area contributed by atoms with Gasteiger partial charge in [-0.15, -0.1) is 0 Å². The third kappa shape index (κ3) is 6.53. The second-order valence-corrected chi connectivity index (χ2v) is 6.80. The Bertz CT molecular complexity index is 221. The first kappa shape index (κ1) is 16.5. The Hall–Kier alpha value is 0.400. The molecule has 1 rings (SSSR count). The van der Waals surface area contributed by atoms with Crippen molar-refractivity contribution in [2.24, 2.45) is 0 Å². The summed E-state index contributed by atoms with van der Waals surface area (Å²) >= 11 is 3.55. The molecule has 1 fully saturated rings. The van der Waals surface area contributed by atoms with Crippen LogP contribution in [-0.4, -0.2) is 41.6 Å². The van der Waals surface area contributed by atoms with Crippen LogP contribution in [0.25, 0.3) is 0 Å². The molecule has 0 saturated carbocycles. The minimum absolute atomic E-state index is 0.0128. The van der Waals surface area contributed by atoms with Crippen molar-refractivity contribution in [3.8, 4) is 0 Å². The van der Waals surface area contributed by atoms with E-state index < -0.39 is 0 Å². The van der Waals surface area contributed by atoms with Crippen LogP contribution < -0.4 is 0 Å². The molecule has 108 valence electrons. The van der Waals surface area contributed by atoms with E-state index in [2.05, 4.69) is 41.6 Å². The maximum Gasteiger partial charge on any atom is 0.0806 e. The number of ether oxygens (including phenoxy) is 1. The molecule has 0 aromatic heterocycles. The van der Waals surface area contributed by atoms with Crippen LogP contribution in [-0.2, 0) is 4.74 Å². The van der Waals surface area contributed by atoms with Crippen molar-refractivity contribution < 1.29 is 4.74 Å². The lowest BCUT2D eigenvalue weighted by Gasteiger charge is -2.42. The predicted octanol–water partition coefficient (Wildman–Crippen LogP) is 4.22. The van der Waals surface area contributed by atoms with Gasteiger partial charge in [0, 0.05) is 18.4 Å². The Labute approximate surface area is 122 Å². The molecule has 2 nitrogen and oxygen atoms in total. The summed E-state index contributed by atoms with van der Waals surface area (Å²) in [5, 5.41) is 0.948. The molecule has 1 saturated heterocycles. The summed E-state index contributed by atoms with van der Waals surface area (Å²) in [6.45, 7) is 10.1. The Morgan fingerprint density at radius 2 is 1.83 bits per heavy atom. The molecule has 0 bridgehead atoms. The number of alkyl halides is 1. The van der Waals surface area contributed by atoms with E-state index in [-0.39, 0.29) is 5.60 Å². The number of halogens is 1. The molecular weight excluding hydrogens is 290 g/mol. The van der Waals surface area contributed by atoms with E-state index >= 15 is 0 Å². The molecule has 0 aromatic rings. The van der Waals surface area contributed by atoms with Crippen molar-refractivity contribution in [1.29, 1.82) is 0 Å². The van der Waals surface area contributed by atoms with Crippen LogP contribution in [0.4, 0.5) is 0 Å². The van der Waals surface area contributed by atoms with E-state index in [0.717, 1.165) is 18.4 Å². The van der Waals surface area contributed by atoms with Crippen LogP contribution >= 0.6 is 15.9 Å². The highest BCUT2D eigenvalue weighted by atomic mass is 79.9. The Morgan fingerprint density at radius 3 is 2.50 bits per heavy atom. The molecule has 1 heterocycles. The van der Waals surface area contributed by atoms with E-state index in [0.29, 0.717) is 6.10 Å². The molecule has 18 heavy (non-hydrogen) atoms. The molecule has 1 aliphatic rings. The molecule has 0 N–H and O–H groups in total. The van der Waals surface area contributed by atoms with Gasteiger partial charge in [0.15, 0.2) is 0 Å². The van der Waals surface area contributed by atoms with Crippen LogP contribution in [0.2, 0.25) is 0 Å². The normalized spacial score (nSPS) is 24.3. The van der Waals surface area contributed by atoms with Gasteiger partial charge >= 0.3 is 0 Å². The molecule has 1 unspecified atom stereocenters. The van der Waals surface area contributed by atoms with Gasteiger partial charge in [0.05, 0.1) is 11.7 Å². The smallest absolute Gasteiger partial charge is 0.0806 e. The third-order valence-corrected chi connectivity index (χ3v) is 4.27. The second kappa shape index (κ2) is 8.55. The molecule has 0 amide bonds. The van der Waals surface area contributed by atoms with Gasteiger partial charge in [-0.2, -0.15) is 0 Å². The van der Waals surface area contributed by atoms with E-state index in [1.807, 2.05) is 0 Å². The summed E-state index contributed by atoms with van der Waals surface area (Å²) in [5.41, 5.74) is 0.0128. The highest BCUT2D eigenvalue weighted by Crippen LogP contribution is 2.22. The molecule has 0 spiro atoms. The Morgan fingerprint density at radius 1 is 1.17 bits per heavy atom. The first-order valence-corrected chi connectivity index (χ1v) is 8.65. The fourth-order valence-electron chi connectivity index (χ4n) is 2.78. The van der Waals surface area contributed by atoms with E-state index in [4.69, 9.17) is 4.74 Å². The maximum absolute atomic E-state index is 6.02. The second-order valence-electron chi connectivity index (χ2n) is 6.16. The Balaban J connectivity index is 2.16. The third-order valence-electron chi connectivity index (χ3n) is 3.55. The maximum atomic E-state index is 6.02. The largest absolute Gasteiger partial charge is 0.369 e. The molecule has 1 atom stereocenters. The van der Waals surface area contributed by atoms with Crippen molar-refractivity contribution in [3.05, 3.63) is 0 Å². The zero-order valence-electron chi connectivity index (χ0n) is 12.4. The predicted molar refractivity (Wildman–Crippen MR) is 82.6 cm³/mol. The van der Waals surface area contributed by atoms with Gasteiger partial charge in [0.1, 0.15) is 0 Å². The molecule has 3 heteroatoms. The summed E-state index contributed by atoms with van der Waals surface area (Å²) in [6, 6.07) is 0. The zero-order chi connectivity index (χ0) is 13.4. The summed E-state index contributed by atoms with van der Waals surface area (Å²) < 4.78 is 6.02. The molecule has 0 aromatic carbocycles. The van der Waals surface area contributed by atoms with Crippen LogP contribution in [0, 0.1) is 0 Å². The molecule has 0 radical (unpaired) electrons. The quantitative estimate of drug-likeness (QED) is 0.490. The number of nitrogens with zero attached hydrogens (tertiary/aromatic N) is 1. The van der Waals surface area contributed by atoms with Gasteiger partial charge in [-0.3, -0.25) is 4.90 Å². The highest BCUT2D eigenvalue weighted by molar-refractivity contribution is 9.09. The average molecular weight is 320 g/mol. The lowest BCUT2D eigenvalue weighted by atomic mass is 10.0. The molecule has 0 aliphatic carbocycles. The monoisotopic (exact) mass is 319 g/mol. The van der Waals surface area contributed by atoms with Crippen LogP contribution in [0.3, 0.4) is 0 Å². The van der Waals surface area contributed by atoms with Crippen LogP contribution in [0.1, 0.15) is 59.3 Å². The summed E-state index contributed by atoms with van der Waals surface area (Å²) in [5.74, 6) is 0. The number of hydrogen-bond donors (Lipinski definition) is 0. The minimum atomic E-state index is 0.0128. The van der Waals surface area contributed by atoms with E-state index in [1.54, 1.807) is 0 Å². The van der Waals surface area contributed by atoms with Crippen LogP contribution in [0.5, 0.6) is 0 Å². The number of hydrogen-bond acceptors (Lipinski definition) is 2. The average Bonchev–Trinajstić information content (AvgIpc) is 2.31. The van der Waals surface area contributed by atoms with Crippen molar-refractivity contribution in [3.63, 3.8) is 0 Å². The summed E-state index contributed by atoms with van der Waals surface area (Å²) in [6.07, 6.45) is 8.64. The minimum Gasteiger partial charge on any atom is -0.369 e. The van der Waals surface area contributed by atoms with E-state index in [9.17, 15) is 0 Å². The highest BCUT2D eigenvalue weighted by Gasteiger charge is 2.32. The zero-order valence-corrected chi connectivity index (χ0v) is 14.0. The van der Waals surface area contributed by atoms with Gasteiger partial charge in [-0.1, -0.05) is 55.0 Å². The van der Waals surface area contributed by atoms with Crippen molar-refractivity contribution in [2.75, 3.05) is 25.0 Å². The SMILES string of the molecule is CCCCCCCCN1CC(CBr)OC(C)(C)C1. The van der Waals surface area contributed by atoms with Gasteiger partial charge in [0.2, 0.25) is 0 Å². The van der Waals surface area contributed by atoms with Gasteiger partial charge in [-0.25, -0.2) is 0 Å². The number of unbranched alkanes of at least 4 members (excludes halogenated alkanes) is 5.